The van der Waals surface area contributed by atoms with Gasteiger partial charge >= 0.3 is 11.9 Å². The van der Waals surface area contributed by atoms with Gasteiger partial charge in [-0.05, 0) is 50.0 Å². The summed E-state index contributed by atoms with van der Waals surface area (Å²) >= 11 is 0. The Morgan fingerprint density at radius 1 is 1.12 bits per heavy atom. The predicted octanol–water partition coefficient (Wildman–Crippen LogP) is 5.87. The van der Waals surface area contributed by atoms with Crippen LogP contribution < -0.4 is 0 Å². The van der Waals surface area contributed by atoms with E-state index < -0.39 is 11.7 Å². The zero-order valence-electron chi connectivity index (χ0n) is 16.3. The number of ether oxygens (including phenoxy) is 1. The van der Waals surface area contributed by atoms with Crippen molar-refractivity contribution in [1.29, 1.82) is 0 Å². The summed E-state index contributed by atoms with van der Waals surface area (Å²) in [5, 5.41) is 0. The molecule has 0 aromatic carbocycles. The van der Waals surface area contributed by atoms with E-state index in [1.165, 1.54) is 7.11 Å². The SMILES string of the molecule is CCCCC(F)(F)C(=O)/C=C/[C@H]1CCCC1CCCCCCC(=O)OC. The Bertz CT molecular complexity index is 460. The smallest absolute Gasteiger partial charge is 0.309 e. The van der Waals surface area contributed by atoms with E-state index in [0.29, 0.717) is 25.2 Å². The maximum absolute atomic E-state index is 13.7. The van der Waals surface area contributed by atoms with Gasteiger partial charge in [0.1, 0.15) is 0 Å². The maximum Gasteiger partial charge on any atom is 0.309 e. The number of unbranched alkanes of at least 4 members (excludes halogenated alkanes) is 4. The molecule has 1 fully saturated rings. The van der Waals surface area contributed by atoms with Crippen LogP contribution in [0.3, 0.4) is 0 Å². The molecule has 5 heteroatoms. The van der Waals surface area contributed by atoms with E-state index in [2.05, 4.69) is 4.74 Å². The highest BCUT2D eigenvalue weighted by atomic mass is 19.3. The maximum atomic E-state index is 13.7. The molecule has 3 nitrogen and oxygen atoms in total. The Hall–Kier alpha value is -1.26. The van der Waals surface area contributed by atoms with Crippen LogP contribution in [0, 0.1) is 11.8 Å². The molecule has 26 heavy (non-hydrogen) atoms. The van der Waals surface area contributed by atoms with Crippen molar-refractivity contribution in [3.05, 3.63) is 12.2 Å². The molecule has 1 rings (SSSR count). The number of methoxy groups -OCH3 is 1. The second-order valence-corrected chi connectivity index (χ2v) is 7.42. The van der Waals surface area contributed by atoms with Gasteiger partial charge < -0.3 is 4.74 Å². The standard InChI is InChI=1S/C21H34F2O3/c1-3-4-16-21(22,23)19(24)15-14-18-12-9-11-17(18)10-7-5-6-8-13-20(25)26-2/h14-15,17-18H,3-13,16H2,1-2H3/b15-14+/t17?,18-/m1/s1. The van der Waals surface area contributed by atoms with Gasteiger partial charge in [-0.25, -0.2) is 0 Å². The number of carbonyl (C=O) groups is 2. The van der Waals surface area contributed by atoms with Crippen LogP contribution in [0.25, 0.3) is 0 Å². The quantitative estimate of drug-likeness (QED) is 0.231. The van der Waals surface area contributed by atoms with Crippen LogP contribution in [-0.4, -0.2) is 24.8 Å². The first kappa shape index (κ1) is 22.8. The number of hydrogen-bond donors (Lipinski definition) is 0. The van der Waals surface area contributed by atoms with Gasteiger partial charge in [0.25, 0.3) is 0 Å². The molecule has 0 N–H and O–H groups in total. The van der Waals surface area contributed by atoms with E-state index in [4.69, 9.17) is 0 Å². The third kappa shape index (κ3) is 8.41. The molecule has 1 unspecified atom stereocenters. The molecule has 0 saturated heterocycles. The van der Waals surface area contributed by atoms with E-state index in [-0.39, 0.29) is 18.3 Å². The first-order valence-corrected chi connectivity index (χ1v) is 10.1. The van der Waals surface area contributed by atoms with E-state index in [1.54, 1.807) is 6.08 Å². The number of halogens is 2. The van der Waals surface area contributed by atoms with Crippen LogP contribution in [0.2, 0.25) is 0 Å². The highest BCUT2D eigenvalue weighted by molar-refractivity contribution is 5.95. The summed E-state index contributed by atoms with van der Waals surface area (Å²) in [5.74, 6) is -3.69. The summed E-state index contributed by atoms with van der Waals surface area (Å²) in [6.45, 7) is 1.84. The minimum atomic E-state index is -3.22. The van der Waals surface area contributed by atoms with Gasteiger partial charge in [0.15, 0.2) is 0 Å². The number of hydrogen-bond acceptors (Lipinski definition) is 3. The second-order valence-electron chi connectivity index (χ2n) is 7.42. The minimum absolute atomic E-state index is 0.161. The largest absolute Gasteiger partial charge is 0.469 e. The first-order valence-electron chi connectivity index (χ1n) is 10.1. The third-order valence-electron chi connectivity index (χ3n) is 5.35. The summed E-state index contributed by atoms with van der Waals surface area (Å²) in [6, 6.07) is 0. The van der Waals surface area contributed by atoms with Crippen LogP contribution in [0.4, 0.5) is 8.78 Å². The molecular weight excluding hydrogens is 338 g/mol. The molecule has 0 amide bonds. The van der Waals surface area contributed by atoms with Crippen molar-refractivity contribution in [2.45, 2.75) is 89.9 Å². The molecule has 0 heterocycles. The van der Waals surface area contributed by atoms with E-state index in [0.717, 1.165) is 57.4 Å². The molecule has 0 radical (unpaired) electrons. The highest BCUT2D eigenvalue weighted by Gasteiger charge is 2.36. The lowest BCUT2D eigenvalue weighted by Gasteiger charge is -2.17. The van der Waals surface area contributed by atoms with Crippen LogP contribution in [0.5, 0.6) is 0 Å². The van der Waals surface area contributed by atoms with Crippen LogP contribution in [0.1, 0.15) is 84.0 Å². The molecule has 0 aliphatic heterocycles. The fourth-order valence-electron chi connectivity index (χ4n) is 3.66. The van der Waals surface area contributed by atoms with Crippen molar-refractivity contribution in [2.75, 3.05) is 7.11 Å². The van der Waals surface area contributed by atoms with Crippen molar-refractivity contribution in [1.82, 2.24) is 0 Å². The van der Waals surface area contributed by atoms with Gasteiger partial charge in [-0.15, -0.1) is 0 Å². The van der Waals surface area contributed by atoms with Crippen LogP contribution >= 0.6 is 0 Å². The predicted molar refractivity (Wildman–Crippen MR) is 99.2 cm³/mol. The number of ketones is 1. The average Bonchev–Trinajstić information content (AvgIpc) is 3.07. The van der Waals surface area contributed by atoms with Gasteiger partial charge in [-0.1, -0.05) is 45.1 Å². The molecule has 0 aromatic heterocycles. The zero-order valence-corrected chi connectivity index (χ0v) is 16.3. The Labute approximate surface area is 156 Å². The van der Waals surface area contributed by atoms with Crippen LogP contribution in [-0.2, 0) is 14.3 Å². The summed E-state index contributed by atoms with van der Waals surface area (Å²) in [5.41, 5.74) is 0. The average molecular weight is 372 g/mol. The Kier molecular flexibility index (Phi) is 10.7. The zero-order chi connectivity index (χ0) is 19.4. The first-order chi connectivity index (χ1) is 12.4. The van der Waals surface area contributed by atoms with Gasteiger partial charge in [0.05, 0.1) is 7.11 Å². The van der Waals surface area contributed by atoms with E-state index in [9.17, 15) is 18.4 Å². The number of rotatable bonds is 13. The van der Waals surface area contributed by atoms with Gasteiger partial charge in [-0.2, -0.15) is 8.78 Å². The lowest BCUT2D eigenvalue weighted by molar-refractivity contribution is -0.140. The third-order valence-corrected chi connectivity index (χ3v) is 5.35. The monoisotopic (exact) mass is 372 g/mol. The number of alkyl halides is 2. The van der Waals surface area contributed by atoms with Crippen molar-refractivity contribution in [3.63, 3.8) is 0 Å². The van der Waals surface area contributed by atoms with E-state index >= 15 is 0 Å². The fourth-order valence-corrected chi connectivity index (χ4v) is 3.66. The lowest BCUT2D eigenvalue weighted by atomic mass is 9.89. The molecule has 150 valence electrons. The van der Waals surface area contributed by atoms with Gasteiger partial charge in [0.2, 0.25) is 5.78 Å². The summed E-state index contributed by atoms with van der Waals surface area (Å²) in [6.07, 6.45) is 12.3. The fraction of sp³-hybridized carbons (Fsp3) is 0.810. The molecule has 2 atom stereocenters. The summed E-state index contributed by atoms with van der Waals surface area (Å²) in [7, 11) is 1.40. The van der Waals surface area contributed by atoms with Crippen molar-refractivity contribution < 1.29 is 23.1 Å². The normalized spacial score (nSPS) is 20.6. The van der Waals surface area contributed by atoms with Gasteiger partial charge in [-0.3, -0.25) is 9.59 Å². The molecule has 0 aromatic rings. The molecule has 0 bridgehead atoms. The van der Waals surface area contributed by atoms with Crippen molar-refractivity contribution in [3.8, 4) is 0 Å². The molecule has 0 spiro atoms. The van der Waals surface area contributed by atoms with Crippen LogP contribution in [0.15, 0.2) is 12.2 Å². The number of allylic oxidation sites excluding steroid dienone is 2. The van der Waals surface area contributed by atoms with E-state index in [1.807, 2.05) is 6.92 Å². The van der Waals surface area contributed by atoms with Gasteiger partial charge in [0, 0.05) is 12.8 Å². The number of esters is 1. The second kappa shape index (κ2) is 12.2. The topological polar surface area (TPSA) is 43.4 Å². The Balaban J connectivity index is 2.31. The lowest BCUT2D eigenvalue weighted by Crippen LogP contribution is -2.26. The minimum Gasteiger partial charge on any atom is -0.469 e. The van der Waals surface area contributed by atoms with Crippen molar-refractivity contribution >= 4 is 11.8 Å². The molecular formula is C21H34F2O3. The summed E-state index contributed by atoms with van der Waals surface area (Å²) in [4.78, 5) is 22.8. The molecule has 1 aliphatic carbocycles. The molecule has 1 saturated carbocycles. The molecule has 1 aliphatic rings. The number of carbonyl (C=O) groups excluding carboxylic acids is 2. The summed E-state index contributed by atoms with van der Waals surface area (Å²) < 4.78 is 32.1. The highest BCUT2D eigenvalue weighted by Crippen LogP contribution is 2.36. The Morgan fingerprint density at radius 2 is 1.85 bits per heavy atom. The Morgan fingerprint density at radius 3 is 2.54 bits per heavy atom. The van der Waals surface area contributed by atoms with Crippen molar-refractivity contribution in [2.24, 2.45) is 11.8 Å².